The molecule has 12 nitrogen and oxygen atoms in total. The van der Waals surface area contributed by atoms with E-state index in [4.69, 9.17) is 8.24 Å². The Labute approximate surface area is 260 Å². The molecule has 0 saturated carbocycles. The standard InChI is InChI=1S/C28H37N5O6S.O.Tc/c34-24(16-30-25(35)17-31-26(36)18-32-27(37)19-40)29-13-3-1-2-4-15-39-22-10-7-20(8-11-22)28(38)23-12-9-21-6-5-14-33(21)23;;/h7-12H,1-6,13-19H2,(H5,29,30,31,32,34,35,36,37,40);;/q;;+4/p-4/i;;1-3. The third kappa shape index (κ3) is 12.3. The third-order valence-electron chi connectivity index (χ3n) is 6.20. The number of hydrogen-bond donors (Lipinski definition) is 1. The number of amides is 4. The molecule has 0 unspecified atom stereocenters. The molecule has 42 heavy (non-hydrogen) atoms. The number of unbranched alkanes of at least 4 members (excludes halogenated alkanes) is 3. The predicted octanol–water partition coefficient (Wildman–Crippen LogP) is 2.85. The summed E-state index contributed by atoms with van der Waals surface area (Å²) in [5, 5.41) is 13.1. The van der Waals surface area contributed by atoms with Crippen molar-refractivity contribution in [1.29, 1.82) is 0 Å². The van der Waals surface area contributed by atoms with Crippen LogP contribution in [0.25, 0.3) is 16.0 Å². The van der Waals surface area contributed by atoms with Crippen LogP contribution >= 0.6 is 0 Å². The van der Waals surface area contributed by atoms with Crippen molar-refractivity contribution in [2.24, 2.45) is 0 Å². The molecule has 1 aromatic heterocycles. The molecule has 0 atom stereocenters. The van der Waals surface area contributed by atoms with Gasteiger partial charge in [0.1, 0.15) is 5.75 Å². The summed E-state index contributed by atoms with van der Waals surface area (Å²) in [5.74, 6) is -1.89. The quantitative estimate of drug-likeness (QED) is 0.151. The van der Waals surface area contributed by atoms with E-state index in [1.54, 1.807) is 12.1 Å². The summed E-state index contributed by atoms with van der Waals surface area (Å²) < 4.78 is 16.1. The van der Waals surface area contributed by atoms with E-state index in [0.29, 0.717) is 18.7 Å². The molecule has 2 heterocycles. The first-order valence-electron chi connectivity index (χ1n) is 13.4. The number of carbonyl (C=O) groups excluding carboxylic acids is 5. The van der Waals surface area contributed by atoms with Crippen LogP contribution in [-0.4, -0.2) is 72.5 Å². The van der Waals surface area contributed by atoms with E-state index in [1.165, 1.54) is 5.69 Å². The molecule has 14 heteroatoms. The zero-order valence-electron chi connectivity index (χ0n) is 23.1. The summed E-state index contributed by atoms with van der Waals surface area (Å²) in [7, 11) is 0. The summed E-state index contributed by atoms with van der Waals surface area (Å²) in [6.45, 7) is 0.623. The SMILES string of the molecule is O=C(C[S-])[N-]CC(=O)[N-]CC(=O)[N-]CC(=O)NCCCCCCOc1ccc(C(=O)c2ccc3n2CCC3)cc1.[O]=[95Tc+4]. The van der Waals surface area contributed by atoms with Crippen LogP contribution in [0.3, 0.4) is 0 Å². The molecule has 3 rings (SSSR count). The Morgan fingerprint density at radius 3 is 2.17 bits per heavy atom. The number of aromatic nitrogens is 1. The van der Waals surface area contributed by atoms with Crippen LogP contribution in [0.2, 0.25) is 0 Å². The van der Waals surface area contributed by atoms with Gasteiger partial charge >= 0.3 is 22.4 Å². The zero-order valence-corrected chi connectivity index (χ0v) is 25.8. The van der Waals surface area contributed by atoms with Crippen LogP contribution in [0.1, 0.15) is 53.8 Å². The molecule has 1 N–H and O–H groups in total. The van der Waals surface area contributed by atoms with Crippen molar-refractivity contribution in [3.05, 3.63) is 69.3 Å². The summed E-state index contributed by atoms with van der Waals surface area (Å²) >= 11 is 5.39. The van der Waals surface area contributed by atoms with Crippen molar-refractivity contribution < 1.29 is 51.1 Å². The van der Waals surface area contributed by atoms with Gasteiger partial charge in [-0.05, 0) is 68.6 Å². The maximum absolute atomic E-state index is 12.8. The Balaban J connectivity index is 0.00000301. The number of rotatable bonds is 17. The minimum absolute atomic E-state index is 0.0284. The van der Waals surface area contributed by atoms with E-state index in [-0.39, 0.29) is 18.1 Å². The third-order valence-corrected chi connectivity index (χ3v) is 6.45. The average Bonchev–Trinajstić information content (AvgIpc) is 3.64. The molecule has 0 saturated heterocycles. The van der Waals surface area contributed by atoms with Gasteiger partial charge in [-0.3, -0.25) is 9.59 Å². The number of aryl methyl sites for hydroxylation is 1. The number of fused-ring (bicyclic) bond motifs is 1. The van der Waals surface area contributed by atoms with Gasteiger partial charge in [0, 0.05) is 42.1 Å². The van der Waals surface area contributed by atoms with Crippen LogP contribution in [0.4, 0.5) is 0 Å². The Morgan fingerprint density at radius 1 is 0.833 bits per heavy atom. The fourth-order valence-electron chi connectivity index (χ4n) is 4.13. The first-order chi connectivity index (χ1) is 20.4. The Bertz CT molecular complexity index is 1210. The van der Waals surface area contributed by atoms with E-state index in [0.717, 1.165) is 75.4 Å². The number of carbonyl (C=O) groups is 5. The van der Waals surface area contributed by atoms with Gasteiger partial charge in [0.05, 0.1) is 12.3 Å². The van der Waals surface area contributed by atoms with Crippen molar-refractivity contribution in [3.8, 4) is 5.75 Å². The molecule has 4 amide bonds. The molecule has 1 aliphatic heterocycles. The number of ether oxygens (including phenoxy) is 1. The first kappa shape index (κ1) is 34.8. The van der Waals surface area contributed by atoms with Gasteiger partial charge in [-0.15, -0.1) is 5.75 Å². The van der Waals surface area contributed by atoms with Crippen LogP contribution in [-0.2, 0) is 67.1 Å². The van der Waals surface area contributed by atoms with Crippen molar-refractivity contribution in [2.45, 2.75) is 45.1 Å². The molecule has 1 aromatic carbocycles. The number of benzene rings is 1. The van der Waals surface area contributed by atoms with Gasteiger partial charge < -0.3 is 57.6 Å². The van der Waals surface area contributed by atoms with Gasteiger partial charge in [-0.2, -0.15) is 0 Å². The Hall–Kier alpha value is -3.35. The van der Waals surface area contributed by atoms with E-state index >= 15 is 0 Å². The fourth-order valence-corrected chi connectivity index (χ4v) is 4.22. The van der Waals surface area contributed by atoms with Gasteiger partial charge in [0.2, 0.25) is 11.7 Å². The topological polar surface area (TPSA) is 171 Å². The van der Waals surface area contributed by atoms with Gasteiger partial charge in [-0.25, -0.2) is 0 Å². The zero-order chi connectivity index (χ0) is 30.7. The predicted molar refractivity (Wildman–Crippen MR) is 152 cm³/mol. The van der Waals surface area contributed by atoms with Gasteiger partial charge in [0.15, 0.2) is 0 Å². The maximum atomic E-state index is 12.8. The van der Waals surface area contributed by atoms with E-state index in [2.05, 4.69) is 38.5 Å². The van der Waals surface area contributed by atoms with Crippen molar-refractivity contribution in [2.75, 3.05) is 38.5 Å². The minimum atomic E-state index is -0.726. The van der Waals surface area contributed by atoms with Crippen LogP contribution in [0, 0.1) is 0 Å². The van der Waals surface area contributed by atoms with E-state index in [9.17, 15) is 24.0 Å². The van der Waals surface area contributed by atoms with Crippen molar-refractivity contribution in [3.63, 3.8) is 0 Å². The molecule has 0 spiro atoms. The molecule has 225 valence electrons. The summed E-state index contributed by atoms with van der Waals surface area (Å²) in [4.78, 5) is 58.6. The number of nitrogens with one attached hydrogen (secondary N) is 1. The fraction of sp³-hybridized carbons (Fsp3) is 0.464. The number of hydrogen-bond acceptors (Lipinski definition) is 8. The van der Waals surface area contributed by atoms with Crippen LogP contribution in [0.5, 0.6) is 5.75 Å². The monoisotopic (exact) mass is 678 g/mol. The van der Waals surface area contributed by atoms with Gasteiger partial charge in [-0.1, -0.05) is 25.9 Å². The summed E-state index contributed by atoms with van der Waals surface area (Å²) in [5.41, 5.74) is 2.61. The van der Waals surface area contributed by atoms with Crippen molar-refractivity contribution in [1.82, 2.24) is 9.88 Å². The number of ketones is 1. The van der Waals surface area contributed by atoms with Crippen LogP contribution < -0.4 is 10.1 Å². The molecule has 0 radical (unpaired) electrons. The van der Waals surface area contributed by atoms with E-state index in [1.807, 2.05) is 24.3 Å². The van der Waals surface area contributed by atoms with Gasteiger partial charge in [0.25, 0.3) is 0 Å². The van der Waals surface area contributed by atoms with E-state index < -0.39 is 36.7 Å². The second kappa shape index (κ2) is 19.7. The molecular formula is C28H33N5O7STc. The molecule has 0 aliphatic carbocycles. The second-order valence-corrected chi connectivity index (χ2v) is 9.49. The average molecular weight is 679 g/mol. The summed E-state index contributed by atoms with van der Waals surface area (Å²) in [6, 6.07) is 11.2. The number of nitrogens with zero attached hydrogens (tertiary/aromatic N) is 4. The molecule has 2 aromatic rings. The van der Waals surface area contributed by atoms with Crippen LogP contribution in [0.15, 0.2) is 36.4 Å². The van der Waals surface area contributed by atoms with Crippen molar-refractivity contribution >= 4 is 42.0 Å². The molecule has 1 aliphatic rings. The molecular weight excluding hydrogens is 645 g/mol. The first-order valence-corrected chi connectivity index (χ1v) is 14.8. The molecule has 0 bridgehead atoms. The molecule has 0 fully saturated rings. The summed E-state index contributed by atoms with van der Waals surface area (Å²) in [6.07, 6.45) is 5.56. The second-order valence-electron chi connectivity index (χ2n) is 9.21. The Morgan fingerprint density at radius 2 is 1.48 bits per heavy atom. The Kier molecular flexibility index (Phi) is 16.4. The normalized spacial score (nSPS) is 11.4.